The van der Waals surface area contributed by atoms with E-state index in [2.05, 4.69) is 28.4 Å². The second-order valence-corrected chi connectivity index (χ2v) is 8.42. The molecule has 0 aliphatic carbocycles. The molecule has 0 unspecified atom stereocenters. The van der Waals surface area contributed by atoms with Gasteiger partial charge < -0.3 is 14.4 Å². The zero-order valence-corrected chi connectivity index (χ0v) is 17.9. The fourth-order valence-corrected chi connectivity index (χ4v) is 4.47. The van der Waals surface area contributed by atoms with Crippen LogP contribution in [0.15, 0.2) is 47.4 Å². The smallest absolute Gasteiger partial charge is 0.250 e. The number of fused-ring (bicyclic) bond motifs is 1. The molecule has 0 saturated heterocycles. The highest BCUT2D eigenvalue weighted by atomic mass is 32.2. The van der Waals surface area contributed by atoms with E-state index >= 15 is 0 Å². The number of methoxy groups -OCH3 is 2. The van der Waals surface area contributed by atoms with E-state index < -0.39 is 0 Å². The highest BCUT2D eigenvalue weighted by molar-refractivity contribution is 8.00. The predicted octanol–water partition coefficient (Wildman–Crippen LogP) is 3.27. The van der Waals surface area contributed by atoms with Gasteiger partial charge in [-0.15, -0.1) is 22.0 Å². The van der Waals surface area contributed by atoms with Gasteiger partial charge in [0.15, 0.2) is 11.5 Å². The molecule has 2 heterocycles. The first-order chi connectivity index (χ1) is 14.6. The Labute approximate surface area is 179 Å². The number of nitrogens with zero attached hydrogens (tertiary/aromatic N) is 5. The number of benzene rings is 2. The standard InChI is InChI=1S/C21H23N5O3S/c1-14-10-11-25(16-6-4-5-7-19(16)30-14)20(27)13-26-23-21(22-24-26)15-8-9-17(28-2)18(12-15)29-3/h4-9,12,14H,10-11,13H2,1-3H3/t14-/m1/s1. The van der Waals surface area contributed by atoms with Crippen LogP contribution in [-0.2, 0) is 11.3 Å². The first-order valence-corrected chi connectivity index (χ1v) is 10.5. The summed E-state index contributed by atoms with van der Waals surface area (Å²) in [5.74, 6) is 1.56. The number of hydrogen-bond donors (Lipinski definition) is 0. The molecule has 30 heavy (non-hydrogen) atoms. The van der Waals surface area contributed by atoms with Gasteiger partial charge in [-0.05, 0) is 42.0 Å². The Hall–Kier alpha value is -3.07. The van der Waals surface area contributed by atoms with E-state index in [1.54, 1.807) is 38.1 Å². The third-order valence-electron chi connectivity index (χ3n) is 4.92. The molecule has 1 aliphatic heterocycles. The van der Waals surface area contributed by atoms with Crippen molar-refractivity contribution in [1.29, 1.82) is 0 Å². The van der Waals surface area contributed by atoms with Gasteiger partial charge in [0.2, 0.25) is 5.82 Å². The van der Waals surface area contributed by atoms with Crippen molar-refractivity contribution < 1.29 is 14.3 Å². The monoisotopic (exact) mass is 425 g/mol. The zero-order valence-electron chi connectivity index (χ0n) is 17.1. The Bertz CT molecular complexity index is 1050. The number of carbonyl (C=O) groups excluding carboxylic acids is 1. The molecule has 3 aromatic rings. The van der Waals surface area contributed by atoms with Crippen LogP contribution in [-0.4, -0.2) is 52.1 Å². The van der Waals surface area contributed by atoms with Gasteiger partial charge in [-0.3, -0.25) is 4.79 Å². The Morgan fingerprint density at radius 2 is 1.97 bits per heavy atom. The molecule has 1 aromatic heterocycles. The summed E-state index contributed by atoms with van der Waals surface area (Å²) in [7, 11) is 3.15. The van der Waals surface area contributed by atoms with Crippen LogP contribution in [0.2, 0.25) is 0 Å². The summed E-state index contributed by atoms with van der Waals surface area (Å²) in [6, 6.07) is 13.4. The minimum absolute atomic E-state index is 0.0215. The normalized spacial score (nSPS) is 16.0. The second-order valence-electron chi connectivity index (χ2n) is 6.94. The van der Waals surface area contributed by atoms with Crippen LogP contribution in [0.1, 0.15) is 13.3 Å². The van der Waals surface area contributed by atoms with Crippen molar-refractivity contribution in [2.75, 3.05) is 25.7 Å². The van der Waals surface area contributed by atoms with E-state index in [1.807, 2.05) is 29.2 Å². The maximum atomic E-state index is 13.1. The van der Waals surface area contributed by atoms with Crippen LogP contribution in [0.5, 0.6) is 11.5 Å². The summed E-state index contributed by atoms with van der Waals surface area (Å²) in [5.41, 5.74) is 1.67. The Morgan fingerprint density at radius 3 is 2.77 bits per heavy atom. The number of aromatic nitrogens is 4. The van der Waals surface area contributed by atoms with E-state index in [9.17, 15) is 4.79 Å². The third-order valence-corrected chi connectivity index (χ3v) is 6.15. The van der Waals surface area contributed by atoms with Crippen LogP contribution in [0.3, 0.4) is 0 Å². The summed E-state index contributed by atoms with van der Waals surface area (Å²) in [6.07, 6.45) is 0.923. The average molecular weight is 426 g/mol. The molecule has 1 atom stereocenters. The molecule has 1 amide bonds. The topological polar surface area (TPSA) is 82.4 Å². The molecule has 0 fully saturated rings. The van der Waals surface area contributed by atoms with Gasteiger partial charge in [0.1, 0.15) is 6.54 Å². The van der Waals surface area contributed by atoms with Crippen LogP contribution in [0.25, 0.3) is 11.4 Å². The quantitative estimate of drug-likeness (QED) is 0.620. The summed E-state index contributed by atoms with van der Waals surface area (Å²) in [5, 5.41) is 13.0. The van der Waals surface area contributed by atoms with Crippen LogP contribution in [0, 0.1) is 0 Å². The minimum Gasteiger partial charge on any atom is -0.493 e. The van der Waals surface area contributed by atoms with Crippen LogP contribution in [0.4, 0.5) is 5.69 Å². The predicted molar refractivity (Wildman–Crippen MR) is 115 cm³/mol. The van der Waals surface area contributed by atoms with Crippen molar-refractivity contribution in [3.05, 3.63) is 42.5 Å². The molecule has 0 spiro atoms. The van der Waals surface area contributed by atoms with Gasteiger partial charge in [-0.25, -0.2) is 0 Å². The largest absolute Gasteiger partial charge is 0.493 e. The van der Waals surface area contributed by atoms with Crippen LogP contribution >= 0.6 is 11.8 Å². The summed E-state index contributed by atoms with van der Waals surface area (Å²) in [6.45, 7) is 2.87. The molecule has 0 N–H and O–H groups in total. The zero-order chi connectivity index (χ0) is 21.1. The number of thioether (sulfide) groups is 1. The molecule has 1 aliphatic rings. The number of amides is 1. The average Bonchev–Trinajstić information content (AvgIpc) is 3.15. The molecule has 2 aromatic carbocycles. The van der Waals surface area contributed by atoms with Crippen molar-refractivity contribution in [2.24, 2.45) is 0 Å². The molecule has 0 saturated carbocycles. The lowest BCUT2D eigenvalue weighted by Crippen LogP contribution is -2.35. The van der Waals surface area contributed by atoms with Crippen LogP contribution < -0.4 is 14.4 Å². The summed E-state index contributed by atoms with van der Waals surface area (Å²) >= 11 is 1.80. The number of anilines is 1. The van der Waals surface area contributed by atoms with Crippen molar-refractivity contribution in [1.82, 2.24) is 20.2 Å². The molecule has 8 nitrogen and oxygen atoms in total. The molecule has 0 bridgehead atoms. The van der Waals surface area contributed by atoms with E-state index in [-0.39, 0.29) is 12.5 Å². The number of rotatable bonds is 5. The Balaban J connectivity index is 1.54. The SMILES string of the molecule is COc1ccc(-c2nnn(CC(=O)N3CC[C@@H](C)Sc4ccccc43)n2)cc1OC. The molecule has 156 valence electrons. The molecular formula is C21H23N5O3S. The number of ether oxygens (including phenoxy) is 2. The second kappa shape index (κ2) is 8.74. The number of para-hydroxylation sites is 1. The molecule has 9 heteroatoms. The van der Waals surface area contributed by atoms with E-state index in [4.69, 9.17) is 9.47 Å². The Kier molecular flexibility index (Phi) is 5.89. The van der Waals surface area contributed by atoms with Gasteiger partial charge >= 0.3 is 0 Å². The maximum Gasteiger partial charge on any atom is 0.250 e. The van der Waals surface area contributed by atoms with E-state index in [0.717, 1.165) is 22.6 Å². The molecular weight excluding hydrogens is 402 g/mol. The van der Waals surface area contributed by atoms with Gasteiger partial charge in [0.05, 0.1) is 19.9 Å². The first-order valence-electron chi connectivity index (χ1n) is 9.65. The van der Waals surface area contributed by atoms with Crippen molar-refractivity contribution in [3.8, 4) is 22.9 Å². The van der Waals surface area contributed by atoms with Crippen molar-refractivity contribution >= 4 is 23.4 Å². The molecule has 0 radical (unpaired) electrons. The highest BCUT2D eigenvalue weighted by Gasteiger charge is 2.25. The summed E-state index contributed by atoms with van der Waals surface area (Å²) < 4.78 is 10.6. The van der Waals surface area contributed by atoms with E-state index in [0.29, 0.717) is 29.1 Å². The number of hydrogen-bond acceptors (Lipinski definition) is 7. The molecule has 4 rings (SSSR count). The first kappa shape index (κ1) is 20.2. The number of tetrazole rings is 1. The number of carbonyl (C=O) groups is 1. The van der Waals surface area contributed by atoms with Gasteiger partial charge in [-0.2, -0.15) is 4.80 Å². The lowest BCUT2D eigenvalue weighted by atomic mass is 10.2. The summed E-state index contributed by atoms with van der Waals surface area (Å²) in [4.78, 5) is 17.3. The van der Waals surface area contributed by atoms with Gasteiger partial charge in [0.25, 0.3) is 5.91 Å². The van der Waals surface area contributed by atoms with E-state index in [1.165, 1.54) is 4.80 Å². The third kappa shape index (κ3) is 4.11. The maximum absolute atomic E-state index is 13.1. The Morgan fingerprint density at radius 1 is 1.17 bits per heavy atom. The van der Waals surface area contributed by atoms with Gasteiger partial charge in [-0.1, -0.05) is 19.1 Å². The minimum atomic E-state index is -0.0617. The van der Waals surface area contributed by atoms with Gasteiger partial charge in [0, 0.05) is 22.3 Å². The fourth-order valence-electron chi connectivity index (χ4n) is 3.35. The lowest BCUT2D eigenvalue weighted by molar-refractivity contribution is -0.119. The fraction of sp³-hybridized carbons (Fsp3) is 0.333. The van der Waals surface area contributed by atoms with Crippen molar-refractivity contribution in [2.45, 2.75) is 30.0 Å². The van der Waals surface area contributed by atoms with Crippen molar-refractivity contribution in [3.63, 3.8) is 0 Å². The highest BCUT2D eigenvalue weighted by Crippen LogP contribution is 2.37. The lowest BCUT2D eigenvalue weighted by Gasteiger charge is -2.22.